The Hall–Kier alpha value is -2.06. The highest BCUT2D eigenvalue weighted by molar-refractivity contribution is 7.73. The van der Waals surface area contributed by atoms with Crippen molar-refractivity contribution in [2.45, 2.75) is 13.1 Å². The summed E-state index contributed by atoms with van der Waals surface area (Å²) in [5, 5.41) is 2.61. The molecule has 0 aliphatic heterocycles. The highest BCUT2D eigenvalue weighted by Gasteiger charge is 2.12. The van der Waals surface area contributed by atoms with Gasteiger partial charge in [-0.3, -0.25) is 14.2 Å². The standard InChI is InChI=1S/C13H14N4O2S2/c1-3-5-14-9(18)7-16-8-15-11-10(12(16)19)21-13(20)17(11)6-4-2/h3-4,8H,1-2,5-7H2,(H,14,18). The van der Waals surface area contributed by atoms with Crippen LogP contribution in [0.25, 0.3) is 10.3 Å². The largest absolute Gasteiger partial charge is 0.351 e. The van der Waals surface area contributed by atoms with E-state index in [4.69, 9.17) is 12.2 Å². The van der Waals surface area contributed by atoms with Gasteiger partial charge in [0.15, 0.2) is 9.60 Å². The number of allylic oxidation sites excluding steroid dienone is 1. The Morgan fingerprint density at radius 3 is 2.90 bits per heavy atom. The first-order valence-corrected chi connectivity index (χ1v) is 7.38. The van der Waals surface area contributed by atoms with Crippen molar-refractivity contribution >= 4 is 39.8 Å². The summed E-state index contributed by atoms with van der Waals surface area (Å²) in [6, 6.07) is 0. The highest BCUT2D eigenvalue weighted by atomic mass is 32.1. The van der Waals surface area contributed by atoms with Crippen LogP contribution in [0.3, 0.4) is 0 Å². The van der Waals surface area contributed by atoms with Gasteiger partial charge in [-0.1, -0.05) is 23.5 Å². The summed E-state index contributed by atoms with van der Waals surface area (Å²) >= 11 is 6.41. The number of fused-ring (bicyclic) bond motifs is 1. The first-order chi connectivity index (χ1) is 10.1. The molecule has 0 aromatic carbocycles. The monoisotopic (exact) mass is 322 g/mol. The minimum absolute atomic E-state index is 0.0816. The minimum Gasteiger partial charge on any atom is -0.351 e. The predicted molar refractivity (Wildman–Crippen MR) is 86.1 cm³/mol. The fraction of sp³-hybridized carbons (Fsp3) is 0.231. The van der Waals surface area contributed by atoms with E-state index in [1.54, 1.807) is 16.7 Å². The number of nitrogens with zero attached hydrogens (tertiary/aromatic N) is 3. The fourth-order valence-corrected chi connectivity index (χ4v) is 3.09. The van der Waals surface area contributed by atoms with Gasteiger partial charge in [0.05, 0.1) is 0 Å². The molecule has 0 atom stereocenters. The topological polar surface area (TPSA) is 68.9 Å². The normalized spacial score (nSPS) is 10.5. The van der Waals surface area contributed by atoms with Gasteiger partial charge in [-0.05, 0) is 12.2 Å². The SMILES string of the molecule is C=CCNC(=O)Cn1cnc2c(sc(=S)n2CC=C)c1=O. The van der Waals surface area contributed by atoms with Crippen molar-refractivity contribution in [3.05, 3.63) is 45.9 Å². The molecule has 2 aromatic heterocycles. The maximum absolute atomic E-state index is 12.4. The van der Waals surface area contributed by atoms with Crippen LogP contribution in [0.5, 0.6) is 0 Å². The van der Waals surface area contributed by atoms with Gasteiger partial charge in [0.25, 0.3) is 5.56 Å². The van der Waals surface area contributed by atoms with E-state index in [1.165, 1.54) is 22.2 Å². The summed E-state index contributed by atoms with van der Waals surface area (Å²) < 4.78 is 4.01. The van der Waals surface area contributed by atoms with Crippen LogP contribution in [-0.4, -0.2) is 26.6 Å². The van der Waals surface area contributed by atoms with Crippen LogP contribution in [0.4, 0.5) is 0 Å². The lowest BCUT2D eigenvalue weighted by Gasteiger charge is -2.05. The van der Waals surface area contributed by atoms with Gasteiger partial charge in [0.2, 0.25) is 5.91 Å². The molecule has 1 N–H and O–H groups in total. The van der Waals surface area contributed by atoms with Gasteiger partial charge in [-0.25, -0.2) is 4.98 Å². The molecule has 8 heteroatoms. The van der Waals surface area contributed by atoms with Gasteiger partial charge in [0, 0.05) is 13.1 Å². The summed E-state index contributed by atoms with van der Waals surface area (Å²) in [4.78, 5) is 28.2. The van der Waals surface area contributed by atoms with E-state index in [-0.39, 0.29) is 18.0 Å². The summed E-state index contributed by atoms with van der Waals surface area (Å²) in [6.07, 6.45) is 4.63. The zero-order valence-corrected chi connectivity index (χ0v) is 12.9. The summed E-state index contributed by atoms with van der Waals surface area (Å²) in [7, 11) is 0. The number of rotatable bonds is 6. The van der Waals surface area contributed by atoms with Crippen molar-refractivity contribution in [3.8, 4) is 0 Å². The Morgan fingerprint density at radius 1 is 1.48 bits per heavy atom. The summed E-state index contributed by atoms with van der Waals surface area (Å²) in [6.45, 7) is 7.94. The lowest BCUT2D eigenvalue weighted by atomic mass is 10.5. The maximum Gasteiger partial charge on any atom is 0.273 e. The Balaban J connectivity index is 2.41. The molecule has 2 rings (SSSR count). The van der Waals surface area contributed by atoms with E-state index in [0.717, 1.165) is 0 Å². The van der Waals surface area contributed by atoms with E-state index >= 15 is 0 Å². The van der Waals surface area contributed by atoms with Crippen LogP contribution in [-0.2, 0) is 17.9 Å². The summed E-state index contributed by atoms with van der Waals surface area (Å²) in [5.74, 6) is -0.271. The molecule has 0 saturated carbocycles. The molecule has 0 spiro atoms. The second-order valence-electron chi connectivity index (χ2n) is 4.19. The average Bonchev–Trinajstić information content (AvgIpc) is 2.78. The van der Waals surface area contributed by atoms with Gasteiger partial charge in [-0.15, -0.1) is 13.2 Å². The quantitative estimate of drug-likeness (QED) is 0.646. The molecule has 2 aromatic rings. The highest BCUT2D eigenvalue weighted by Crippen LogP contribution is 2.17. The number of nitrogens with one attached hydrogen (secondary N) is 1. The Bertz CT molecular complexity index is 816. The average molecular weight is 322 g/mol. The van der Waals surface area contributed by atoms with E-state index in [2.05, 4.69) is 23.5 Å². The number of hydrogen-bond acceptors (Lipinski definition) is 5. The molecule has 0 aliphatic rings. The Kier molecular flexibility index (Phi) is 4.81. The van der Waals surface area contributed by atoms with E-state index in [1.807, 2.05) is 0 Å². The molecule has 0 radical (unpaired) electrons. The van der Waals surface area contributed by atoms with Crippen molar-refractivity contribution in [3.63, 3.8) is 0 Å². The Morgan fingerprint density at radius 2 is 2.24 bits per heavy atom. The maximum atomic E-state index is 12.4. The molecule has 110 valence electrons. The van der Waals surface area contributed by atoms with Crippen LogP contribution in [0.2, 0.25) is 0 Å². The van der Waals surface area contributed by atoms with Gasteiger partial charge in [-0.2, -0.15) is 0 Å². The Labute approximate surface area is 130 Å². The number of amides is 1. The van der Waals surface area contributed by atoms with Crippen molar-refractivity contribution in [2.24, 2.45) is 0 Å². The molecule has 0 saturated heterocycles. The van der Waals surface area contributed by atoms with Gasteiger partial charge >= 0.3 is 0 Å². The molecule has 1 amide bonds. The van der Waals surface area contributed by atoms with Crippen LogP contribution in [0, 0.1) is 3.95 Å². The fourth-order valence-electron chi connectivity index (χ4n) is 1.77. The van der Waals surface area contributed by atoms with Gasteiger partial charge in [0.1, 0.15) is 17.6 Å². The van der Waals surface area contributed by atoms with Crippen molar-refractivity contribution in [1.29, 1.82) is 0 Å². The van der Waals surface area contributed by atoms with E-state index in [9.17, 15) is 9.59 Å². The zero-order chi connectivity index (χ0) is 15.4. The lowest BCUT2D eigenvalue weighted by molar-refractivity contribution is -0.121. The number of thiazole rings is 1. The first-order valence-electron chi connectivity index (χ1n) is 6.15. The summed E-state index contributed by atoms with van der Waals surface area (Å²) in [5.41, 5.74) is 0.255. The second-order valence-corrected chi connectivity index (χ2v) is 5.83. The van der Waals surface area contributed by atoms with Crippen LogP contribution >= 0.6 is 23.6 Å². The molecule has 0 aliphatic carbocycles. The molecule has 0 bridgehead atoms. The van der Waals surface area contributed by atoms with Crippen LogP contribution in [0.1, 0.15) is 0 Å². The third kappa shape index (κ3) is 3.17. The molecular weight excluding hydrogens is 308 g/mol. The number of hydrogen-bond donors (Lipinski definition) is 1. The van der Waals surface area contributed by atoms with Crippen molar-refractivity contribution < 1.29 is 4.79 Å². The molecule has 2 heterocycles. The lowest BCUT2D eigenvalue weighted by Crippen LogP contribution is -2.32. The van der Waals surface area contributed by atoms with Crippen LogP contribution < -0.4 is 10.9 Å². The third-order valence-corrected chi connectivity index (χ3v) is 4.14. The smallest absolute Gasteiger partial charge is 0.273 e. The third-order valence-electron chi connectivity index (χ3n) is 2.71. The van der Waals surface area contributed by atoms with Gasteiger partial charge < -0.3 is 9.88 Å². The van der Waals surface area contributed by atoms with Crippen LogP contribution in [0.15, 0.2) is 36.4 Å². The number of carbonyl (C=O) groups is 1. The molecule has 21 heavy (non-hydrogen) atoms. The minimum atomic E-state index is -0.271. The van der Waals surface area contributed by atoms with E-state index in [0.29, 0.717) is 27.4 Å². The molecular formula is C13H14N4O2S2. The number of carbonyl (C=O) groups excluding carboxylic acids is 1. The molecule has 0 unspecified atom stereocenters. The molecule has 0 fully saturated rings. The number of aromatic nitrogens is 3. The van der Waals surface area contributed by atoms with E-state index < -0.39 is 0 Å². The zero-order valence-electron chi connectivity index (χ0n) is 11.2. The van der Waals surface area contributed by atoms with Crippen molar-refractivity contribution in [1.82, 2.24) is 19.4 Å². The predicted octanol–water partition coefficient (Wildman–Crippen LogP) is 1.48. The van der Waals surface area contributed by atoms with Crippen molar-refractivity contribution in [2.75, 3.05) is 6.54 Å². The molecule has 6 nitrogen and oxygen atoms in total. The second kappa shape index (κ2) is 6.59. The first kappa shape index (κ1) is 15.3.